The average molecular weight is 389 g/mol. The second kappa shape index (κ2) is 9.96. The van der Waals surface area contributed by atoms with Crippen LogP contribution in [0.25, 0.3) is 0 Å². The Labute approximate surface area is 171 Å². The summed E-state index contributed by atoms with van der Waals surface area (Å²) in [6, 6.07) is 19.1. The molecule has 2 aromatic carbocycles. The van der Waals surface area contributed by atoms with Crippen LogP contribution in [0.3, 0.4) is 0 Å². The lowest BCUT2D eigenvalue weighted by molar-refractivity contribution is 0.153. The van der Waals surface area contributed by atoms with Gasteiger partial charge in [0.15, 0.2) is 5.41 Å². The Morgan fingerprint density at radius 2 is 1.79 bits per heavy atom. The van der Waals surface area contributed by atoms with Crippen LogP contribution in [0.15, 0.2) is 67.3 Å². The highest BCUT2D eigenvalue weighted by Crippen LogP contribution is 2.44. The van der Waals surface area contributed by atoms with Crippen molar-refractivity contribution in [3.63, 3.8) is 0 Å². The number of nitrogens with zero attached hydrogens (tertiary/aromatic N) is 3. The fraction of sp³-hybridized carbons (Fsp3) is 0.261. The third-order valence-corrected chi connectivity index (χ3v) is 4.52. The SMILES string of the molecule is C=CCC(C#N)(C#N)C(c1ccc(OC)cc1)N(C(=O)OCC)c1ccccc1. The van der Waals surface area contributed by atoms with Crippen molar-refractivity contribution in [2.24, 2.45) is 5.41 Å². The van der Waals surface area contributed by atoms with E-state index < -0.39 is 17.6 Å². The third-order valence-electron chi connectivity index (χ3n) is 4.52. The zero-order chi connectivity index (χ0) is 21.3. The van der Waals surface area contributed by atoms with E-state index in [-0.39, 0.29) is 13.0 Å². The molecule has 148 valence electrons. The van der Waals surface area contributed by atoms with Crippen molar-refractivity contribution in [3.05, 3.63) is 72.8 Å². The van der Waals surface area contributed by atoms with Gasteiger partial charge in [0.2, 0.25) is 0 Å². The quantitative estimate of drug-likeness (QED) is 0.592. The number of allylic oxidation sites excluding steroid dienone is 1. The van der Waals surface area contributed by atoms with Crippen LogP contribution >= 0.6 is 0 Å². The van der Waals surface area contributed by atoms with Crippen molar-refractivity contribution < 1.29 is 14.3 Å². The topological polar surface area (TPSA) is 86.4 Å². The molecule has 2 rings (SSSR count). The Morgan fingerprint density at radius 1 is 1.17 bits per heavy atom. The van der Waals surface area contributed by atoms with Gasteiger partial charge in [-0.05, 0) is 43.2 Å². The van der Waals surface area contributed by atoms with Crippen molar-refractivity contribution >= 4 is 11.8 Å². The molecule has 0 aromatic heterocycles. The molecule has 1 unspecified atom stereocenters. The number of para-hydroxylation sites is 1. The molecule has 0 spiro atoms. The standard InChI is InChI=1S/C23H23N3O3/c1-4-15-23(16-24,17-25)21(18-11-13-20(28-3)14-12-18)26(22(27)29-5-2)19-9-7-6-8-10-19/h4,6-14,21H,1,5,15H2,2-3H3. The lowest BCUT2D eigenvalue weighted by Gasteiger charge is -2.37. The van der Waals surface area contributed by atoms with Gasteiger partial charge in [0.05, 0.1) is 31.9 Å². The van der Waals surface area contributed by atoms with Crippen LogP contribution in [0, 0.1) is 28.1 Å². The predicted octanol–water partition coefficient (Wildman–Crippen LogP) is 5.01. The van der Waals surface area contributed by atoms with E-state index in [1.807, 2.05) is 6.07 Å². The monoisotopic (exact) mass is 389 g/mol. The van der Waals surface area contributed by atoms with Crippen molar-refractivity contribution in [2.45, 2.75) is 19.4 Å². The summed E-state index contributed by atoms with van der Waals surface area (Å²) in [5.74, 6) is 0.623. The fourth-order valence-corrected chi connectivity index (χ4v) is 3.16. The first kappa shape index (κ1) is 21.5. The van der Waals surface area contributed by atoms with E-state index in [2.05, 4.69) is 18.7 Å². The number of ether oxygens (including phenoxy) is 2. The average Bonchev–Trinajstić information content (AvgIpc) is 2.77. The van der Waals surface area contributed by atoms with Crippen LogP contribution in [0.4, 0.5) is 10.5 Å². The number of carbonyl (C=O) groups is 1. The zero-order valence-corrected chi connectivity index (χ0v) is 16.5. The molecule has 6 nitrogen and oxygen atoms in total. The Balaban J connectivity index is 2.76. The fourth-order valence-electron chi connectivity index (χ4n) is 3.16. The molecule has 1 amide bonds. The minimum absolute atomic E-state index is 0.0689. The van der Waals surface area contributed by atoms with Crippen LogP contribution in [0.2, 0.25) is 0 Å². The van der Waals surface area contributed by atoms with Crippen molar-refractivity contribution in [1.82, 2.24) is 0 Å². The first-order valence-corrected chi connectivity index (χ1v) is 9.15. The van der Waals surface area contributed by atoms with Crippen LogP contribution in [-0.2, 0) is 4.74 Å². The number of carbonyl (C=O) groups excluding carboxylic acids is 1. The molecule has 0 aliphatic carbocycles. The van der Waals surface area contributed by atoms with E-state index >= 15 is 0 Å². The van der Waals surface area contributed by atoms with Gasteiger partial charge in [-0.15, -0.1) is 6.58 Å². The molecular formula is C23H23N3O3. The lowest BCUT2D eigenvalue weighted by atomic mass is 9.75. The van der Waals surface area contributed by atoms with Crippen molar-refractivity contribution in [2.75, 3.05) is 18.6 Å². The van der Waals surface area contributed by atoms with Gasteiger partial charge in [-0.1, -0.05) is 36.4 Å². The first-order chi connectivity index (χ1) is 14.1. The highest BCUT2D eigenvalue weighted by molar-refractivity contribution is 5.89. The molecule has 0 saturated heterocycles. The van der Waals surface area contributed by atoms with Gasteiger partial charge >= 0.3 is 6.09 Å². The molecule has 1 atom stereocenters. The van der Waals surface area contributed by atoms with Crippen molar-refractivity contribution in [1.29, 1.82) is 10.5 Å². The highest BCUT2D eigenvalue weighted by Gasteiger charge is 2.46. The summed E-state index contributed by atoms with van der Waals surface area (Å²) in [6.45, 7) is 5.56. The van der Waals surface area contributed by atoms with Gasteiger partial charge in [0.25, 0.3) is 0 Å². The van der Waals surface area contributed by atoms with Gasteiger partial charge in [0.1, 0.15) is 5.75 Å². The minimum Gasteiger partial charge on any atom is -0.497 e. The maximum absolute atomic E-state index is 13.0. The number of nitriles is 2. The lowest BCUT2D eigenvalue weighted by Crippen LogP contribution is -2.44. The number of hydrogen-bond acceptors (Lipinski definition) is 5. The summed E-state index contributed by atoms with van der Waals surface area (Å²) in [5, 5.41) is 20.0. The summed E-state index contributed by atoms with van der Waals surface area (Å²) >= 11 is 0. The van der Waals surface area contributed by atoms with Crippen molar-refractivity contribution in [3.8, 4) is 17.9 Å². The molecule has 0 saturated carbocycles. The number of hydrogen-bond donors (Lipinski definition) is 0. The van der Waals surface area contributed by atoms with E-state index in [0.29, 0.717) is 17.0 Å². The minimum atomic E-state index is -1.57. The normalized spacial score (nSPS) is 11.4. The molecule has 6 heteroatoms. The van der Waals surface area contributed by atoms with E-state index in [9.17, 15) is 15.3 Å². The number of methoxy groups -OCH3 is 1. The Hall–Kier alpha value is -3.77. The largest absolute Gasteiger partial charge is 0.497 e. The number of amides is 1. The summed E-state index contributed by atoms with van der Waals surface area (Å²) in [6.07, 6.45) is 0.940. The second-order valence-electron chi connectivity index (χ2n) is 6.27. The summed E-state index contributed by atoms with van der Waals surface area (Å²) in [4.78, 5) is 14.4. The highest BCUT2D eigenvalue weighted by atomic mass is 16.6. The first-order valence-electron chi connectivity index (χ1n) is 9.15. The maximum Gasteiger partial charge on any atom is 0.414 e. The molecule has 0 aliphatic rings. The van der Waals surface area contributed by atoms with Crippen LogP contribution in [-0.4, -0.2) is 19.8 Å². The molecule has 0 bridgehead atoms. The van der Waals surface area contributed by atoms with E-state index in [4.69, 9.17) is 9.47 Å². The predicted molar refractivity (Wildman–Crippen MR) is 110 cm³/mol. The van der Waals surface area contributed by atoms with Gasteiger partial charge in [-0.25, -0.2) is 4.79 Å². The van der Waals surface area contributed by atoms with Gasteiger partial charge < -0.3 is 9.47 Å². The summed E-state index contributed by atoms with van der Waals surface area (Å²) in [7, 11) is 1.55. The molecule has 0 fully saturated rings. The van der Waals surface area contributed by atoms with Gasteiger partial charge in [-0.3, -0.25) is 4.90 Å². The Morgan fingerprint density at radius 3 is 2.28 bits per heavy atom. The molecule has 29 heavy (non-hydrogen) atoms. The number of rotatable bonds is 8. The van der Waals surface area contributed by atoms with Crippen LogP contribution in [0.1, 0.15) is 24.9 Å². The molecular weight excluding hydrogens is 366 g/mol. The van der Waals surface area contributed by atoms with E-state index in [1.165, 1.54) is 11.0 Å². The number of anilines is 1. The van der Waals surface area contributed by atoms with Gasteiger partial charge in [0, 0.05) is 5.69 Å². The second-order valence-corrected chi connectivity index (χ2v) is 6.27. The Kier molecular flexibility index (Phi) is 7.40. The molecule has 0 radical (unpaired) electrons. The van der Waals surface area contributed by atoms with Gasteiger partial charge in [-0.2, -0.15) is 10.5 Å². The van der Waals surface area contributed by atoms with E-state index in [1.54, 1.807) is 62.6 Å². The maximum atomic E-state index is 13.0. The zero-order valence-electron chi connectivity index (χ0n) is 16.5. The Bertz CT molecular complexity index is 897. The third kappa shape index (κ3) is 4.56. The molecule has 0 heterocycles. The summed E-state index contributed by atoms with van der Waals surface area (Å²) in [5.41, 5.74) is -0.447. The molecule has 0 aliphatic heterocycles. The number of benzene rings is 2. The molecule has 2 aromatic rings. The van der Waals surface area contributed by atoms with E-state index in [0.717, 1.165) is 0 Å². The molecule has 0 N–H and O–H groups in total. The summed E-state index contributed by atoms with van der Waals surface area (Å²) < 4.78 is 10.5. The van der Waals surface area contributed by atoms with Crippen LogP contribution in [0.5, 0.6) is 5.75 Å². The smallest absolute Gasteiger partial charge is 0.414 e. The van der Waals surface area contributed by atoms with Crippen LogP contribution < -0.4 is 9.64 Å².